The van der Waals surface area contributed by atoms with Gasteiger partial charge in [0, 0.05) is 0 Å². The topological polar surface area (TPSA) is 46.5 Å². The smallest absolute Gasteiger partial charge is 0.311 e. The third-order valence-electron chi connectivity index (χ3n) is 24.8. The zero-order valence-corrected chi connectivity index (χ0v) is 33.8. The summed E-state index contributed by atoms with van der Waals surface area (Å²) in [4.78, 5) is 15.9. The minimum atomic E-state index is -0.565. The van der Waals surface area contributed by atoms with E-state index in [2.05, 4.69) is 0 Å². The SMILES string of the molecule is O=C(OCCO)C1C23c4c5c6c7c8c9c(c%10c%11c2c2c4c4c%12c5c5c6c6c8c8c%13c9c9c%10c%10c%11c%11c2c2c4c4c%12c%12c5c5c6c8c6c8c%13c9c9c%10c%10c%11c2c2c4c4c%12c5c6c5c8c9c%10c2c45)C713. The van der Waals surface area contributed by atoms with Crippen molar-refractivity contribution < 1.29 is 14.6 Å². The van der Waals surface area contributed by atoms with E-state index in [0.29, 0.717) is 0 Å². The van der Waals surface area contributed by atoms with Gasteiger partial charge in [-0.15, -0.1) is 0 Å². The Bertz CT molecular complexity index is 6530. The molecule has 0 radical (unpaired) electrons. The number of aliphatic hydroxyl groups excluding tert-OH is 1. The number of carbonyl (C=O) groups excluding carboxylic acids is 1. The van der Waals surface area contributed by atoms with Crippen molar-refractivity contribution in [2.45, 2.75) is 10.8 Å². The van der Waals surface area contributed by atoms with Crippen molar-refractivity contribution in [2.75, 3.05) is 13.2 Å². The molecule has 0 aromatic heterocycles. The molecule has 67 heavy (non-hydrogen) atoms. The van der Waals surface area contributed by atoms with E-state index in [1.54, 1.807) is 205 Å². The summed E-state index contributed by atoms with van der Waals surface area (Å²) in [5.41, 5.74) is 4.90. The molecular formula is C64H6O3. The second-order valence-corrected chi connectivity index (χ2v) is 24.7. The number of hydrogen-bond acceptors (Lipinski definition) is 3. The average Bonchev–Trinajstić information content (AvgIpc) is 4.22. The monoisotopic (exact) mass is 822 g/mol. The van der Waals surface area contributed by atoms with E-state index >= 15 is 4.79 Å². The van der Waals surface area contributed by atoms with Gasteiger partial charge in [0.15, 0.2) is 0 Å². The van der Waals surface area contributed by atoms with Crippen LogP contribution in [0.25, 0.3) is 291 Å². The molecule has 33 rings (SSSR count). The van der Waals surface area contributed by atoms with E-state index in [0.717, 1.165) is 0 Å². The van der Waals surface area contributed by atoms with Crippen LogP contribution in [0.2, 0.25) is 0 Å². The van der Waals surface area contributed by atoms with Crippen molar-refractivity contribution in [1.82, 2.24) is 0 Å². The largest absolute Gasteiger partial charge is 0.463 e. The number of rotatable bonds is 3. The number of ether oxygens (including phenoxy) is 1. The predicted octanol–water partition coefficient (Wildman–Crippen LogP) is 15.5. The Morgan fingerprint density at radius 3 is 0.537 bits per heavy atom. The van der Waals surface area contributed by atoms with Crippen molar-refractivity contribution in [3.63, 3.8) is 0 Å². The fourth-order valence-corrected chi connectivity index (χ4v) is 25.0. The maximum atomic E-state index is 15.9. The first-order valence-electron chi connectivity index (χ1n) is 24.9. The summed E-state index contributed by atoms with van der Waals surface area (Å²) in [6.45, 7) is -0.115. The molecule has 280 valence electrons. The summed E-state index contributed by atoms with van der Waals surface area (Å²) < 4.78 is 6.46. The van der Waals surface area contributed by atoms with Crippen LogP contribution in [0.1, 0.15) is 22.3 Å². The van der Waals surface area contributed by atoms with Gasteiger partial charge in [0.05, 0.1) is 23.4 Å². The first-order chi connectivity index (χ1) is 33.3. The minimum Gasteiger partial charge on any atom is -0.463 e. The van der Waals surface area contributed by atoms with Crippen molar-refractivity contribution in [3.8, 4) is 0 Å². The predicted molar refractivity (Wildman–Crippen MR) is 275 cm³/mol. The van der Waals surface area contributed by atoms with Crippen LogP contribution >= 0.6 is 0 Å². The van der Waals surface area contributed by atoms with Crippen LogP contribution < -0.4 is 0 Å². The molecule has 0 saturated heterocycles. The molecule has 3 nitrogen and oxygen atoms in total. The van der Waals surface area contributed by atoms with Crippen LogP contribution in [0.4, 0.5) is 0 Å². The van der Waals surface area contributed by atoms with Crippen molar-refractivity contribution in [3.05, 3.63) is 22.3 Å². The lowest BCUT2D eigenvalue weighted by molar-refractivity contribution is -0.146. The summed E-state index contributed by atoms with van der Waals surface area (Å²) >= 11 is 0. The van der Waals surface area contributed by atoms with Gasteiger partial charge in [0.1, 0.15) is 6.61 Å². The second kappa shape index (κ2) is 5.36. The van der Waals surface area contributed by atoms with E-state index in [1.807, 2.05) is 0 Å². The molecule has 0 amide bonds. The minimum absolute atomic E-state index is 0.0421. The number of esters is 1. The van der Waals surface area contributed by atoms with Gasteiger partial charge >= 0.3 is 5.97 Å². The quantitative estimate of drug-likeness (QED) is 0.143. The normalized spacial score (nSPS) is 23.7. The van der Waals surface area contributed by atoms with Crippen LogP contribution in [0.5, 0.6) is 0 Å². The maximum Gasteiger partial charge on any atom is 0.311 e. The first-order valence-corrected chi connectivity index (χ1v) is 24.9. The van der Waals surface area contributed by atoms with E-state index in [4.69, 9.17) is 4.74 Å². The highest BCUT2D eigenvalue weighted by molar-refractivity contribution is 6.82. The molecule has 0 unspecified atom stereocenters. The molecule has 1 saturated carbocycles. The molecule has 0 atom stereocenters. The summed E-state index contributed by atoms with van der Waals surface area (Å²) in [5, 5.41) is 95.0. The molecule has 3 heteroatoms. The number of aliphatic hydroxyl groups is 1. The van der Waals surface area contributed by atoms with Gasteiger partial charge in [-0.25, -0.2) is 0 Å². The van der Waals surface area contributed by atoms with Crippen LogP contribution in [0, 0.1) is 5.92 Å². The molecule has 0 heterocycles. The van der Waals surface area contributed by atoms with E-state index in [9.17, 15) is 5.11 Å². The molecule has 28 aromatic carbocycles. The molecular weight excluding hydrogens is 817 g/mol. The number of carbonyl (C=O) groups is 1. The molecule has 5 aliphatic carbocycles. The third-order valence-corrected chi connectivity index (χ3v) is 24.8. The van der Waals surface area contributed by atoms with Gasteiger partial charge in [-0.2, -0.15) is 0 Å². The van der Waals surface area contributed by atoms with Gasteiger partial charge in [0.25, 0.3) is 0 Å². The molecule has 0 aliphatic heterocycles. The van der Waals surface area contributed by atoms with Gasteiger partial charge in [-0.3, -0.25) is 4.79 Å². The van der Waals surface area contributed by atoms with Gasteiger partial charge < -0.3 is 9.84 Å². The van der Waals surface area contributed by atoms with E-state index < -0.39 is 10.8 Å². The first kappa shape index (κ1) is 24.4. The van der Waals surface area contributed by atoms with Crippen molar-refractivity contribution >= 4 is 297 Å². The molecule has 28 aromatic rings. The second-order valence-electron chi connectivity index (χ2n) is 24.7. The molecule has 1 N–H and O–H groups in total. The van der Waals surface area contributed by atoms with Crippen LogP contribution in [-0.2, 0) is 20.4 Å². The lowest BCUT2D eigenvalue weighted by Gasteiger charge is -2.32. The summed E-state index contributed by atoms with van der Waals surface area (Å²) in [5.74, 6) is -0.482. The highest BCUT2D eigenvalue weighted by Crippen LogP contribution is 2.92. The zero-order valence-electron chi connectivity index (χ0n) is 33.8. The Kier molecular flexibility index (Phi) is 1.96. The Hall–Kier alpha value is -8.11. The van der Waals surface area contributed by atoms with Crippen LogP contribution in [-0.4, -0.2) is 24.3 Å². The van der Waals surface area contributed by atoms with Gasteiger partial charge in [0.2, 0.25) is 0 Å². The average molecular weight is 823 g/mol. The molecule has 1 fully saturated rings. The Balaban J connectivity index is 1.21. The van der Waals surface area contributed by atoms with Crippen molar-refractivity contribution in [2.24, 2.45) is 5.92 Å². The lowest BCUT2D eigenvalue weighted by atomic mass is 9.68. The summed E-state index contributed by atoms with van der Waals surface area (Å²) in [6.07, 6.45) is 0. The molecule has 5 aliphatic rings. The highest BCUT2D eigenvalue weighted by atomic mass is 16.5. The molecule has 0 bridgehead atoms. The van der Waals surface area contributed by atoms with Crippen LogP contribution in [0.15, 0.2) is 0 Å². The van der Waals surface area contributed by atoms with Crippen LogP contribution in [0.3, 0.4) is 0 Å². The summed E-state index contributed by atoms with van der Waals surface area (Å²) in [6, 6.07) is 0. The number of hydrogen-bond donors (Lipinski definition) is 1. The zero-order chi connectivity index (χ0) is 39.8. The fraction of sp³-hybridized carbons (Fsp3) is 0.0781. The Labute approximate surface area is 361 Å². The lowest BCUT2D eigenvalue weighted by Crippen LogP contribution is -2.27. The van der Waals surface area contributed by atoms with E-state index in [-0.39, 0.29) is 25.1 Å². The van der Waals surface area contributed by atoms with E-state index in [1.165, 1.54) is 108 Å². The summed E-state index contributed by atoms with van der Waals surface area (Å²) in [7, 11) is 0. The maximum absolute atomic E-state index is 15.9. The number of benzene rings is 18. The standard InChI is InChI=1S/C64H6O3/c65-1-2-67-62(66)61-63-57-49-41-31-21-13-5-3-4-7-11-9(5)17-25-19(11)29-23-15(7)16-8(4)12-10-6(3)14(13)22-28-18(10)26-20(12)30-24(16)34-33(23)43-37(29)47-39(25)45(35(41)27(17)21)53(57)55(47)59-51(43)52-44(34)38(30)48-40(26)46-36(28)42(32(22)31)50(49)58(63)54(46)56(48)60(52)64(59,61)63/h61,65H,1-2H2. The molecule has 2 spiro atoms. The fourth-order valence-electron chi connectivity index (χ4n) is 25.0. The Morgan fingerprint density at radius 1 is 0.269 bits per heavy atom. The highest BCUT2D eigenvalue weighted by Gasteiger charge is 2.89. The van der Waals surface area contributed by atoms with Gasteiger partial charge in [-0.05, 0) is 313 Å². The third kappa shape index (κ3) is 1.23. The van der Waals surface area contributed by atoms with Gasteiger partial charge in [-0.1, -0.05) is 0 Å². The van der Waals surface area contributed by atoms with Crippen molar-refractivity contribution in [1.29, 1.82) is 0 Å². The Morgan fingerprint density at radius 2 is 0.403 bits per heavy atom.